The van der Waals surface area contributed by atoms with Gasteiger partial charge in [0.2, 0.25) is 0 Å². The second-order valence-corrected chi connectivity index (χ2v) is 5.63. The van der Waals surface area contributed by atoms with Crippen LogP contribution in [0.3, 0.4) is 0 Å². The van der Waals surface area contributed by atoms with E-state index < -0.39 is 0 Å². The van der Waals surface area contributed by atoms with E-state index in [2.05, 4.69) is 44.3 Å². The Hall–Kier alpha value is -0.470. The lowest BCUT2D eigenvalue weighted by atomic mass is 10.0. The first kappa shape index (κ1) is 11.0. The van der Waals surface area contributed by atoms with Crippen molar-refractivity contribution in [1.29, 1.82) is 0 Å². The van der Waals surface area contributed by atoms with Gasteiger partial charge in [0.15, 0.2) is 0 Å². The van der Waals surface area contributed by atoms with Crippen LogP contribution in [0.15, 0.2) is 18.2 Å². The van der Waals surface area contributed by atoms with Gasteiger partial charge in [-0.25, -0.2) is 0 Å². The van der Waals surface area contributed by atoms with Crippen LogP contribution in [0.1, 0.15) is 35.4 Å². The van der Waals surface area contributed by atoms with Crippen molar-refractivity contribution < 1.29 is 0 Å². The summed E-state index contributed by atoms with van der Waals surface area (Å²) in [7, 11) is 0. The molecule has 82 valence electrons. The highest BCUT2D eigenvalue weighted by molar-refractivity contribution is 7.99. The number of rotatable bonds is 1. The number of benzene rings is 1. The minimum absolute atomic E-state index is 0.495. The van der Waals surface area contributed by atoms with E-state index >= 15 is 0 Å². The Morgan fingerprint density at radius 3 is 2.53 bits per heavy atom. The number of thioether (sulfide) groups is 1. The maximum atomic E-state index is 3.68. The summed E-state index contributed by atoms with van der Waals surface area (Å²) >= 11 is 2.04. The van der Waals surface area contributed by atoms with E-state index in [0.717, 1.165) is 0 Å². The average molecular weight is 221 g/mol. The third kappa shape index (κ3) is 2.37. The molecule has 0 bridgehead atoms. The summed E-state index contributed by atoms with van der Waals surface area (Å²) < 4.78 is 0. The molecule has 0 spiro atoms. The smallest absolute Gasteiger partial charge is 0.0796 e. The minimum atomic E-state index is 0.495. The van der Waals surface area contributed by atoms with Gasteiger partial charge in [0.25, 0.3) is 0 Å². The van der Waals surface area contributed by atoms with E-state index in [1.165, 1.54) is 28.9 Å². The van der Waals surface area contributed by atoms with Gasteiger partial charge in [-0.1, -0.05) is 18.2 Å². The molecule has 1 heterocycles. The van der Waals surface area contributed by atoms with E-state index in [1.54, 1.807) is 0 Å². The molecule has 1 saturated heterocycles. The zero-order chi connectivity index (χ0) is 10.8. The largest absolute Gasteiger partial charge is 0.299 e. The molecule has 1 fully saturated rings. The van der Waals surface area contributed by atoms with Crippen LogP contribution in [0.25, 0.3) is 0 Å². The topological polar surface area (TPSA) is 12.0 Å². The Labute approximate surface area is 96.7 Å². The highest BCUT2D eigenvalue weighted by Crippen LogP contribution is 2.34. The second kappa shape index (κ2) is 4.58. The summed E-state index contributed by atoms with van der Waals surface area (Å²) in [4.78, 5) is 0. The SMILES string of the molecule is Cc1cccc(C)c1C1NC(C)CCS1. The van der Waals surface area contributed by atoms with Crippen LogP contribution in [-0.2, 0) is 0 Å². The third-order valence-electron chi connectivity index (χ3n) is 3.08. The van der Waals surface area contributed by atoms with Crippen molar-refractivity contribution in [2.75, 3.05) is 5.75 Å². The first-order chi connectivity index (χ1) is 7.18. The molecule has 2 heteroatoms. The van der Waals surface area contributed by atoms with Gasteiger partial charge in [-0.05, 0) is 49.6 Å². The monoisotopic (exact) mass is 221 g/mol. The van der Waals surface area contributed by atoms with Crippen molar-refractivity contribution in [3.63, 3.8) is 0 Å². The summed E-state index contributed by atoms with van der Waals surface area (Å²) in [5.74, 6) is 1.27. The molecule has 1 aliphatic rings. The maximum Gasteiger partial charge on any atom is 0.0796 e. The lowest BCUT2D eigenvalue weighted by Gasteiger charge is -2.30. The highest BCUT2D eigenvalue weighted by atomic mass is 32.2. The molecule has 2 unspecified atom stereocenters. The van der Waals surface area contributed by atoms with E-state index in [0.29, 0.717) is 11.4 Å². The molecule has 1 aliphatic heterocycles. The Morgan fingerprint density at radius 2 is 1.93 bits per heavy atom. The predicted molar refractivity (Wildman–Crippen MR) is 68.3 cm³/mol. The fourth-order valence-electron chi connectivity index (χ4n) is 2.16. The predicted octanol–water partition coefficient (Wildman–Crippen LogP) is 3.42. The van der Waals surface area contributed by atoms with Crippen molar-refractivity contribution in [2.45, 2.75) is 38.6 Å². The van der Waals surface area contributed by atoms with Gasteiger partial charge >= 0.3 is 0 Å². The molecule has 0 aliphatic carbocycles. The molecule has 2 rings (SSSR count). The average Bonchev–Trinajstić information content (AvgIpc) is 2.17. The van der Waals surface area contributed by atoms with Crippen molar-refractivity contribution in [3.8, 4) is 0 Å². The number of nitrogens with one attached hydrogen (secondary N) is 1. The summed E-state index contributed by atoms with van der Waals surface area (Å²) in [6.45, 7) is 6.70. The molecule has 0 amide bonds. The van der Waals surface area contributed by atoms with Crippen molar-refractivity contribution in [1.82, 2.24) is 5.32 Å². The van der Waals surface area contributed by atoms with Crippen LogP contribution in [0.5, 0.6) is 0 Å². The van der Waals surface area contributed by atoms with Gasteiger partial charge in [-0.2, -0.15) is 0 Å². The van der Waals surface area contributed by atoms with Gasteiger partial charge in [0, 0.05) is 6.04 Å². The Kier molecular flexibility index (Phi) is 3.37. The fourth-order valence-corrected chi connectivity index (χ4v) is 3.75. The first-order valence-electron chi connectivity index (χ1n) is 5.62. The molecule has 0 saturated carbocycles. The highest BCUT2D eigenvalue weighted by Gasteiger charge is 2.22. The first-order valence-corrected chi connectivity index (χ1v) is 6.67. The molecular weight excluding hydrogens is 202 g/mol. The van der Waals surface area contributed by atoms with Crippen LogP contribution >= 0.6 is 11.8 Å². The van der Waals surface area contributed by atoms with Gasteiger partial charge in [-0.15, -0.1) is 11.8 Å². The summed E-state index contributed by atoms with van der Waals surface area (Å²) in [6, 6.07) is 7.22. The van der Waals surface area contributed by atoms with E-state index in [4.69, 9.17) is 0 Å². The standard InChI is InChI=1S/C13H19NS/c1-9-5-4-6-10(2)12(9)13-14-11(3)7-8-15-13/h4-6,11,13-14H,7-8H2,1-3H3. The summed E-state index contributed by atoms with van der Waals surface area (Å²) in [5, 5.41) is 4.17. The fraction of sp³-hybridized carbons (Fsp3) is 0.538. The number of hydrogen-bond acceptors (Lipinski definition) is 2. The lowest BCUT2D eigenvalue weighted by Crippen LogP contribution is -2.34. The zero-order valence-corrected chi connectivity index (χ0v) is 10.5. The second-order valence-electron chi connectivity index (χ2n) is 4.41. The van der Waals surface area contributed by atoms with E-state index in [9.17, 15) is 0 Å². The molecule has 0 radical (unpaired) electrons. The molecule has 1 nitrogen and oxygen atoms in total. The van der Waals surface area contributed by atoms with Crippen LogP contribution in [-0.4, -0.2) is 11.8 Å². The van der Waals surface area contributed by atoms with Crippen LogP contribution in [0.4, 0.5) is 0 Å². The van der Waals surface area contributed by atoms with Gasteiger partial charge in [0.1, 0.15) is 0 Å². The Bertz CT molecular complexity index is 328. The van der Waals surface area contributed by atoms with E-state index in [-0.39, 0.29) is 0 Å². The number of aryl methyl sites for hydroxylation is 2. The Morgan fingerprint density at radius 1 is 1.27 bits per heavy atom. The third-order valence-corrected chi connectivity index (χ3v) is 4.25. The number of hydrogen-bond donors (Lipinski definition) is 1. The molecule has 0 aromatic heterocycles. The van der Waals surface area contributed by atoms with Gasteiger partial charge in [0.05, 0.1) is 5.37 Å². The molecule has 1 N–H and O–H groups in total. The summed E-state index contributed by atoms with van der Waals surface area (Å²) in [5.41, 5.74) is 4.32. The molecule has 1 aromatic rings. The van der Waals surface area contributed by atoms with Gasteiger partial charge < -0.3 is 0 Å². The molecule has 15 heavy (non-hydrogen) atoms. The quantitative estimate of drug-likeness (QED) is 0.780. The van der Waals surface area contributed by atoms with Crippen molar-refractivity contribution in [3.05, 3.63) is 34.9 Å². The van der Waals surface area contributed by atoms with Crippen molar-refractivity contribution in [2.24, 2.45) is 0 Å². The maximum absolute atomic E-state index is 3.68. The van der Waals surface area contributed by atoms with Crippen LogP contribution < -0.4 is 5.32 Å². The zero-order valence-electron chi connectivity index (χ0n) is 9.71. The normalized spacial score (nSPS) is 26.6. The van der Waals surface area contributed by atoms with Crippen molar-refractivity contribution >= 4 is 11.8 Å². The van der Waals surface area contributed by atoms with Gasteiger partial charge in [-0.3, -0.25) is 5.32 Å². The lowest BCUT2D eigenvalue weighted by molar-refractivity contribution is 0.510. The summed E-state index contributed by atoms with van der Waals surface area (Å²) in [6.07, 6.45) is 1.28. The molecule has 1 aromatic carbocycles. The molecular formula is C13H19NS. The van der Waals surface area contributed by atoms with Crippen LogP contribution in [0, 0.1) is 13.8 Å². The minimum Gasteiger partial charge on any atom is -0.299 e. The Balaban J connectivity index is 2.28. The molecule has 2 atom stereocenters. The van der Waals surface area contributed by atoms with Crippen LogP contribution in [0.2, 0.25) is 0 Å². The van der Waals surface area contributed by atoms with E-state index in [1.807, 2.05) is 11.8 Å².